The number of ether oxygens (including phenoxy) is 2. The summed E-state index contributed by atoms with van der Waals surface area (Å²) < 4.78 is 11.6. The number of aliphatic hydroxyl groups is 1. The zero-order chi connectivity index (χ0) is 23.6. The van der Waals surface area contributed by atoms with Crippen LogP contribution in [0.5, 0.6) is 0 Å². The van der Waals surface area contributed by atoms with E-state index in [0.29, 0.717) is 18.4 Å². The molecule has 1 saturated heterocycles. The number of carbonyl (C=O) groups is 2. The molecule has 0 unspecified atom stereocenters. The van der Waals surface area contributed by atoms with E-state index in [2.05, 4.69) is 32.6 Å². The van der Waals surface area contributed by atoms with Gasteiger partial charge in [-0.15, -0.1) is 0 Å². The highest BCUT2D eigenvalue weighted by molar-refractivity contribution is 6.02. The predicted octanol–water partition coefficient (Wildman–Crippen LogP) is 5.77. The summed E-state index contributed by atoms with van der Waals surface area (Å²) in [5.74, 6) is -1.11. The predicted molar refractivity (Wildman–Crippen MR) is 125 cm³/mol. The van der Waals surface area contributed by atoms with Gasteiger partial charge in [-0.2, -0.15) is 0 Å². The Morgan fingerprint density at radius 3 is 2.66 bits per heavy atom. The highest BCUT2D eigenvalue weighted by Gasteiger charge is 2.51. The molecule has 0 aromatic heterocycles. The number of allylic oxidation sites excluding steroid dienone is 4. The SMILES string of the molecule is C=C1CC[C@H]2O[C@@H]1CC/C(C)=C/C[C@]1(C)C(=O)C(O)=C([C@H](C)COC(C)=O)[C@H]1CC=C2C. The first-order valence-corrected chi connectivity index (χ1v) is 11.8. The maximum atomic E-state index is 13.3. The van der Waals surface area contributed by atoms with Gasteiger partial charge in [-0.1, -0.05) is 38.2 Å². The monoisotopic (exact) mass is 442 g/mol. The van der Waals surface area contributed by atoms with Crippen LogP contribution in [0.25, 0.3) is 0 Å². The summed E-state index contributed by atoms with van der Waals surface area (Å²) in [5.41, 5.74) is 3.54. The van der Waals surface area contributed by atoms with Gasteiger partial charge in [-0.05, 0) is 69.1 Å². The van der Waals surface area contributed by atoms with Gasteiger partial charge in [0.15, 0.2) is 5.76 Å². The van der Waals surface area contributed by atoms with Gasteiger partial charge in [-0.3, -0.25) is 9.59 Å². The molecular weight excluding hydrogens is 404 g/mol. The van der Waals surface area contributed by atoms with Gasteiger partial charge >= 0.3 is 5.97 Å². The van der Waals surface area contributed by atoms with Crippen molar-refractivity contribution in [2.75, 3.05) is 6.61 Å². The zero-order valence-corrected chi connectivity index (χ0v) is 20.2. The minimum absolute atomic E-state index is 0.0541. The van der Waals surface area contributed by atoms with Crippen molar-refractivity contribution in [2.24, 2.45) is 17.3 Å². The van der Waals surface area contributed by atoms with Crippen molar-refractivity contribution in [1.29, 1.82) is 0 Å². The van der Waals surface area contributed by atoms with Crippen LogP contribution in [0.4, 0.5) is 0 Å². The van der Waals surface area contributed by atoms with Crippen LogP contribution in [0.1, 0.15) is 73.1 Å². The van der Waals surface area contributed by atoms with Crippen LogP contribution in [0.3, 0.4) is 0 Å². The van der Waals surface area contributed by atoms with Crippen LogP contribution < -0.4 is 0 Å². The Hall–Kier alpha value is -2.14. The summed E-state index contributed by atoms with van der Waals surface area (Å²) in [6, 6.07) is 0. The van der Waals surface area contributed by atoms with Gasteiger partial charge in [-0.25, -0.2) is 0 Å². The number of aliphatic hydroxyl groups excluding tert-OH is 1. The molecule has 5 atom stereocenters. The highest BCUT2D eigenvalue weighted by atomic mass is 16.5. The fourth-order valence-corrected chi connectivity index (χ4v) is 5.33. The summed E-state index contributed by atoms with van der Waals surface area (Å²) >= 11 is 0. The minimum Gasteiger partial charge on any atom is -0.504 e. The first-order chi connectivity index (χ1) is 15.0. The molecule has 176 valence electrons. The quantitative estimate of drug-likeness (QED) is 0.443. The third kappa shape index (κ3) is 4.93. The third-order valence-corrected chi connectivity index (χ3v) is 7.59. The number of hydrogen-bond acceptors (Lipinski definition) is 5. The van der Waals surface area contributed by atoms with Crippen LogP contribution in [0, 0.1) is 17.3 Å². The van der Waals surface area contributed by atoms with E-state index in [9.17, 15) is 14.7 Å². The molecule has 0 amide bonds. The normalized spacial score (nSPS) is 34.3. The lowest BCUT2D eigenvalue weighted by Gasteiger charge is -2.33. The van der Waals surface area contributed by atoms with Gasteiger partial charge in [0.1, 0.15) is 0 Å². The fourth-order valence-electron chi connectivity index (χ4n) is 5.33. The lowest BCUT2D eigenvalue weighted by atomic mass is 9.70. The lowest BCUT2D eigenvalue weighted by Crippen LogP contribution is -2.32. The maximum absolute atomic E-state index is 13.3. The van der Waals surface area contributed by atoms with Crippen molar-refractivity contribution in [1.82, 2.24) is 0 Å². The van der Waals surface area contributed by atoms with Gasteiger partial charge in [0.25, 0.3) is 0 Å². The summed E-state index contributed by atoms with van der Waals surface area (Å²) in [6.45, 7) is 13.8. The number of Topliss-reactive ketones (excluding diaryl/α,β-unsaturated/α-hetero) is 1. The molecule has 5 nitrogen and oxygen atoms in total. The van der Waals surface area contributed by atoms with Crippen molar-refractivity contribution in [3.05, 3.63) is 46.8 Å². The standard InChI is InChI=1S/C27H38O5/c1-16-7-11-22-18(3)9-12-23(32-22)17(2)8-10-21-24(19(4)15-31-20(5)28)25(29)26(30)27(21,6)14-13-16/h8,13,19,21-23,29H,3,7,9-12,14-15H2,1-2,4-6H3/b16-13+,17-8?/t19-,21-,22-,23-,27+/m1/s1. The Balaban J connectivity index is 1.98. The summed E-state index contributed by atoms with van der Waals surface area (Å²) in [5, 5.41) is 10.9. The number of carbonyl (C=O) groups excluding carboxylic acids is 2. The van der Waals surface area contributed by atoms with Gasteiger partial charge in [0.2, 0.25) is 5.78 Å². The second-order valence-corrected chi connectivity index (χ2v) is 10.1. The van der Waals surface area contributed by atoms with E-state index in [-0.39, 0.29) is 48.2 Å². The van der Waals surface area contributed by atoms with Crippen LogP contribution in [-0.4, -0.2) is 35.7 Å². The van der Waals surface area contributed by atoms with Crippen molar-refractivity contribution in [2.45, 2.75) is 85.4 Å². The van der Waals surface area contributed by atoms with Crippen molar-refractivity contribution in [3.8, 4) is 0 Å². The Labute approximate surface area is 192 Å². The van der Waals surface area contributed by atoms with E-state index in [1.807, 2.05) is 13.8 Å². The number of fused-ring (bicyclic) bond motifs is 3. The molecular formula is C27H38O5. The smallest absolute Gasteiger partial charge is 0.302 e. The van der Waals surface area contributed by atoms with Gasteiger partial charge in [0, 0.05) is 24.2 Å². The maximum Gasteiger partial charge on any atom is 0.302 e. The Kier molecular flexibility index (Phi) is 7.49. The first-order valence-electron chi connectivity index (χ1n) is 11.8. The fraction of sp³-hybridized carbons (Fsp3) is 0.630. The Bertz CT molecular complexity index is 876. The highest BCUT2D eigenvalue weighted by Crippen LogP contribution is 2.51. The molecule has 2 bridgehead atoms. The Morgan fingerprint density at radius 2 is 1.97 bits per heavy atom. The molecule has 0 spiro atoms. The van der Waals surface area contributed by atoms with Crippen molar-refractivity contribution in [3.63, 3.8) is 0 Å². The zero-order valence-electron chi connectivity index (χ0n) is 20.2. The van der Waals surface area contributed by atoms with E-state index < -0.39 is 5.41 Å². The first kappa shape index (κ1) is 24.5. The molecule has 2 heterocycles. The van der Waals surface area contributed by atoms with E-state index in [4.69, 9.17) is 9.47 Å². The lowest BCUT2D eigenvalue weighted by molar-refractivity contribution is -0.141. The molecule has 0 aromatic rings. The van der Waals surface area contributed by atoms with Gasteiger partial charge in [0.05, 0.1) is 18.8 Å². The van der Waals surface area contributed by atoms with Crippen LogP contribution in [0.15, 0.2) is 46.8 Å². The number of hydrogen-bond donors (Lipinski definition) is 1. The molecule has 1 aliphatic carbocycles. The Morgan fingerprint density at radius 1 is 1.28 bits per heavy atom. The van der Waals surface area contributed by atoms with E-state index in [1.165, 1.54) is 23.6 Å². The largest absolute Gasteiger partial charge is 0.504 e. The third-order valence-electron chi connectivity index (χ3n) is 7.59. The van der Waals surface area contributed by atoms with Crippen LogP contribution in [0.2, 0.25) is 0 Å². The molecule has 1 N–H and O–H groups in total. The molecule has 3 aliphatic rings. The summed E-state index contributed by atoms with van der Waals surface area (Å²) in [4.78, 5) is 24.7. The topological polar surface area (TPSA) is 72.8 Å². The van der Waals surface area contributed by atoms with Gasteiger partial charge < -0.3 is 14.6 Å². The molecule has 32 heavy (non-hydrogen) atoms. The van der Waals surface area contributed by atoms with Crippen molar-refractivity contribution < 1.29 is 24.2 Å². The van der Waals surface area contributed by atoms with Crippen LogP contribution in [-0.2, 0) is 19.1 Å². The number of esters is 1. The van der Waals surface area contributed by atoms with Crippen molar-refractivity contribution >= 4 is 11.8 Å². The average Bonchev–Trinajstić information content (AvgIpc) is 2.94. The van der Waals surface area contributed by atoms with E-state index in [0.717, 1.165) is 25.7 Å². The average molecular weight is 443 g/mol. The molecule has 1 fully saturated rings. The summed E-state index contributed by atoms with van der Waals surface area (Å²) in [7, 11) is 0. The number of rotatable bonds is 3. The summed E-state index contributed by atoms with van der Waals surface area (Å²) in [6.07, 6.45) is 9.33. The minimum atomic E-state index is -0.727. The molecule has 5 heteroatoms. The second kappa shape index (κ2) is 9.78. The molecule has 0 radical (unpaired) electrons. The van der Waals surface area contributed by atoms with E-state index >= 15 is 0 Å². The number of ketones is 1. The van der Waals surface area contributed by atoms with Crippen LogP contribution >= 0.6 is 0 Å². The molecule has 2 aliphatic heterocycles. The molecule has 3 rings (SSSR count). The van der Waals surface area contributed by atoms with E-state index in [1.54, 1.807) is 0 Å². The molecule has 0 saturated carbocycles. The second-order valence-electron chi connectivity index (χ2n) is 10.1. The molecule has 0 aromatic carbocycles.